The van der Waals surface area contributed by atoms with Gasteiger partial charge in [-0.1, -0.05) is 78.9 Å². The average Bonchev–Trinajstić information content (AvgIpc) is 3.18. The largest absolute Gasteiger partial charge is 0.458 e. The molecule has 0 fully saturated rings. The quantitative estimate of drug-likeness (QED) is 0.404. The van der Waals surface area contributed by atoms with E-state index >= 15 is 0 Å². The lowest BCUT2D eigenvalue weighted by atomic mass is 9.98. The topological polar surface area (TPSA) is 73.9 Å². The van der Waals surface area contributed by atoms with Crippen molar-refractivity contribution in [2.24, 2.45) is 0 Å². The van der Waals surface area contributed by atoms with Crippen LogP contribution in [0.4, 0.5) is 4.79 Å². The predicted molar refractivity (Wildman–Crippen MR) is 139 cm³/mol. The third-order valence-electron chi connectivity index (χ3n) is 6.10. The van der Waals surface area contributed by atoms with Crippen LogP contribution in [0.3, 0.4) is 0 Å². The van der Waals surface area contributed by atoms with E-state index < -0.39 is 29.8 Å². The second kappa shape index (κ2) is 11.0. The molecule has 3 aromatic rings. The van der Waals surface area contributed by atoms with Gasteiger partial charge in [0, 0.05) is 5.92 Å². The van der Waals surface area contributed by atoms with E-state index in [1.807, 2.05) is 54.6 Å². The summed E-state index contributed by atoms with van der Waals surface area (Å²) in [6.07, 6.45) is -1.33. The van der Waals surface area contributed by atoms with Crippen molar-refractivity contribution in [2.75, 3.05) is 6.61 Å². The van der Waals surface area contributed by atoms with Crippen LogP contribution in [0.2, 0.25) is 0 Å². The standard InChI is InChI=1S/C30H33NO5/c1-20(34-18-21-12-6-5-7-13-21)27(28(32)36-30(2,3)4)31-29(33)35-19-26-24-16-10-8-14-22(24)23-15-9-11-17-25(23)26/h5-17,20,26-27H,18-19H2,1-4H3,(H,31,33). The Balaban J connectivity index is 1.43. The normalized spacial score (nSPS) is 14.3. The Kier molecular flexibility index (Phi) is 7.75. The maximum atomic E-state index is 13.0. The minimum absolute atomic E-state index is 0.0742. The number of amides is 1. The molecule has 0 spiro atoms. The van der Waals surface area contributed by atoms with Gasteiger partial charge in [-0.05, 0) is 55.5 Å². The molecule has 3 aromatic carbocycles. The second-order valence-corrected chi connectivity index (χ2v) is 9.98. The average molecular weight is 488 g/mol. The molecule has 1 amide bonds. The van der Waals surface area contributed by atoms with Crippen molar-refractivity contribution in [1.29, 1.82) is 0 Å². The van der Waals surface area contributed by atoms with Gasteiger partial charge in [0.25, 0.3) is 0 Å². The number of carbonyl (C=O) groups excluding carboxylic acids is 2. The Bertz CT molecular complexity index is 1160. The molecule has 0 heterocycles. The van der Waals surface area contributed by atoms with E-state index in [9.17, 15) is 9.59 Å². The summed E-state index contributed by atoms with van der Waals surface area (Å²) in [4.78, 5) is 25.8. The Morgan fingerprint density at radius 2 is 1.42 bits per heavy atom. The summed E-state index contributed by atoms with van der Waals surface area (Å²) in [7, 11) is 0. The smallest absolute Gasteiger partial charge is 0.407 e. The minimum Gasteiger partial charge on any atom is -0.458 e. The highest BCUT2D eigenvalue weighted by Gasteiger charge is 2.34. The van der Waals surface area contributed by atoms with E-state index in [1.54, 1.807) is 27.7 Å². The number of hydrogen-bond acceptors (Lipinski definition) is 5. The molecule has 6 nitrogen and oxygen atoms in total. The summed E-state index contributed by atoms with van der Waals surface area (Å²) in [6, 6.07) is 24.9. The molecular weight excluding hydrogens is 454 g/mol. The van der Waals surface area contributed by atoms with Gasteiger partial charge >= 0.3 is 12.1 Å². The van der Waals surface area contributed by atoms with Crippen molar-refractivity contribution in [3.8, 4) is 11.1 Å². The van der Waals surface area contributed by atoms with Crippen LogP contribution in [-0.2, 0) is 25.6 Å². The molecular formula is C30H33NO5. The molecule has 4 rings (SSSR count). The van der Waals surface area contributed by atoms with E-state index in [1.165, 1.54) is 0 Å². The number of alkyl carbamates (subject to hydrolysis) is 1. The van der Waals surface area contributed by atoms with E-state index in [4.69, 9.17) is 14.2 Å². The van der Waals surface area contributed by atoms with Gasteiger partial charge in [0.05, 0.1) is 12.7 Å². The second-order valence-electron chi connectivity index (χ2n) is 9.98. The molecule has 1 N–H and O–H groups in total. The van der Waals surface area contributed by atoms with Crippen LogP contribution in [-0.4, -0.2) is 36.4 Å². The van der Waals surface area contributed by atoms with Crippen LogP contribution < -0.4 is 5.32 Å². The molecule has 0 radical (unpaired) electrons. The summed E-state index contributed by atoms with van der Waals surface area (Å²) in [5.41, 5.74) is 4.79. The molecule has 2 unspecified atom stereocenters. The monoisotopic (exact) mass is 487 g/mol. The highest BCUT2D eigenvalue weighted by Crippen LogP contribution is 2.44. The van der Waals surface area contributed by atoms with Crippen LogP contribution in [0.5, 0.6) is 0 Å². The van der Waals surface area contributed by atoms with E-state index in [-0.39, 0.29) is 12.5 Å². The van der Waals surface area contributed by atoms with Gasteiger partial charge in [-0.2, -0.15) is 0 Å². The molecule has 0 aliphatic heterocycles. The highest BCUT2D eigenvalue weighted by molar-refractivity contribution is 5.82. The lowest BCUT2D eigenvalue weighted by Gasteiger charge is -2.28. The van der Waals surface area contributed by atoms with E-state index in [0.29, 0.717) is 6.61 Å². The number of ether oxygens (including phenoxy) is 3. The Morgan fingerprint density at radius 3 is 2.00 bits per heavy atom. The summed E-state index contributed by atoms with van der Waals surface area (Å²) in [5.74, 6) is -0.647. The first-order valence-corrected chi connectivity index (χ1v) is 12.2. The van der Waals surface area contributed by atoms with Gasteiger partial charge in [0.1, 0.15) is 12.2 Å². The molecule has 2 atom stereocenters. The Labute approximate surface area is 212 Å². The number of carbonyl (C=O) groups is 2. The van der Waals surface area contributed by atoms with E-state index in [0.717, 1.165) is 27.8 Å². The van der Waals surface area contributed by atoms with Gasteiger partial charge in [-0.15, -0.1) is 0 Å². The number of esters is 1. The van der Waals surface area contributed by atoms with Gasteiger partial charge < -0.3 is 19.5 Å². The summed E-state index contributed by atoms with van der Waals surface area (Å²) < 4.78 is 17.1. The maximum Gasteiger partial charge on any atom is 0.407 e. The molecule has 188 valence electrons. The molecule has 1 aliphatic rings. The summed E-state index contributed by atoms with van der Waals surface area (Å²) >= 11 is 0. The van der Waals surface area contributed by atoms with Crippen LogP contribution in [0, 0.1) is 0 Å². The van der Waals surface area contributed by atoms with Crippen molar-refractivity contribution >= 4 is 12.1 Å². The number of benzene rings is 3. The van der Waals surface area contributed by atoms with Gasteiger partial charge in [-0.3, -0.25) is 0 Å². The van der Waals surface area contributed by atoms with Gasteiger partial charge in [0.15, 0.2) is 6.04 Å². The number of rotatable bonds is 8. The SMILES string of the molecule is CC(OCc1ccccc1)C(NC(=O)OCC1c2ccccc2-c2ccccc21)C(=O)OC(C)(C)C. The first kappa shape index (κ1) is 25.5. The summed E-state index contributed by atoms with van der Waals surface area (Å²) in [6.45, 7) is 7.54. The van der Waals surface area contributed by atoms with Crippen LogP contribution in [0.25, 0.3) is 11.1 Å². The summed E-state index contributed by atoms with van der Waals surface area (Å²) in [5, 5.41) is 2.69. The zero-order valence-corrected chi connectivity index (χ0v) is 21.2. The van der Waals surface area contributed by atoms with Crippen LogP contribution >= 0.6 is 0 Å². The van der Waals surface area contributed by atoms with Crippen LogP contribution in [0.1, 0.15) is 50.3 Å². The van der Waals surface area contributed by atoms with Crippen molar-refractivity contribution in [3.05, 3.63) is 95.6 Å². The van der Waals surface area contributed by atoms with Crippen molar-refractivity contribution < 1.29 is 23.8 Å². The number of hydrogen-bond donors (Lipinski definition) is 1. The van der Waals surface area contributed by atoms with Gasteiger partial charge in [-0.25, -0.2) is 9.59 Å². The first-order chi connectivity index (χ1) is 17.2. The predicted octanol–water partition coefficient (Wildman–Crippen LogP) is 5.84. The molecule has 0 saturated heterocycles. The van der Waals surface area contributed by atoms with Crippen molar-refractivity contribution in [3.63, 3.8) is 0 Å². The molecule has 6 heteroatoms. The number of nitrogens with one attached hydrogen (secondary N) is 1. The third kappa shape index (κ3) is 6.13. The molecule has 1 aliphatic carbocycles. The first-order valence-electron chi connectivity index (χ1n) is 12.2. The van der Waals surface area contributed by atoms with E-state index in [2.05, 4.69) is 29.6 Å². The fraction of sp³-hybridized carbons (Fsp3) is 0.333. The zero-order chi connectivity index (χ0) is 25.7. The molecule has 0 bridgehead atoms. The molecule has 36 heavy (non-hydrogen) atoms. The van der Waals surface area contributed by atoms with Crippen LogP contribution in [0.15, 0.2) is 78.9 Å². The fourth-order valence-corrected chi connectivity index (χ4v) is 4.40. The maximum absolute atomic E-state index is 13.0. The lowest BCUT2D eigenvalue weighted by Crippen LogP contribution is -2.51. The number of fused-ring (bicyclic) bond motifs is 3. The zero-order valence-electron chi connectivity index (χ0n) is 21.2. The van der Waals surface area contributed by atoms with Crippen molar-refractivity contribution in [1.82, 2.24) is 5.32 Å². The molecule has 0 aromatic heterocycles. The minimum atomic E-state index is -1.02. The lowest BCUT2D eigenvalue weighted by molar-refractivity contribution is -0.161. The Morgan fingerprint density at radius 1 is 0.861 bits per heavy atom. The Hall–Kier alpha value is -3.64. The fourth-order valence-electron chi connectivity index (χ4n) is 4.40. The molecule has 0 saturated carbocycles. The van der Waals surface area contributed by atoms with Gasteiger partial charge in [0.2, 0.25) is 0 Å². The van der Waals surface area contributed by atoms with Crippen molar-refractivity contribution in [2.45, 2.75) is 58.0 Å². The highest BCUT2D eigenvalue weighted by atomic mass is 16.6. The third-order valence-corrected chi connectivity index (χ3v) is 6.10.